The molecule has 0 amide bonds. The lowest BCUT2D eigenvalue weighted by Crippen LogP contribution is -1.98. The summed E-state index contributed by atoms with van der Waals surface area (Å²) in [6.07, 6.45) is 3.34. The third kappa shape index (κ3) is 5.03. The lowest BCUT2D eigenvalue weighted by atomic mass is 10.2. The molecule has 0 saturated carbocycles. The van der Waals surface area contributed by atoms with Crippen LogP contribution in [0.15, 0.2) is 58.6 Å². The first kappa shape index (κ1) is 18.4. The van der Waals surface area contributed by atoms with Gasteiger partial charge in [-0.3, -0.25) is 15.5 Å². The summed E-state index contributed by atoms with van der Waals surface area (Å²) in [5.41, 5.74) is 4.42. The number of hydrogen-bond acceptors (Lipinski definition) is 5. The van der Waals surface area contributed by atoms with Crippen molar-refractivity contribution in [1.29, 1.82) is 0 Å². The number of nitro groups is 1. The highest BCUT2D eigenvalue weighted by atomic mass is 127. The molecule has 0 unspecified atom stereocenters. The number of nitrogens with one attached hydrogen (secondary N) is 1. The first-order chi connectivity index (χ1) is 11.5. The van der Waals surface area contributed by atoms with Crippen LogP contribution < -0.4 is 10.2 Å². The molecule has 8 heteroatoms. The van der Waals surface area contributed by atoms with Gasteiger partial charge in [-0.15, -0.1) is 0 Å². The molecular weight excluding hydrogens is 489 g/mol. The highest BCUT2D eigenvalue weighted by Crippen LogP contribution is 2.31. The van der Waals surface area contributed by atoms with E-state index in [1.165, 1.54) is 12.1 Å². The summed E-state index contributed by atoms with van der Waals surface area (Å²) < 4.78 is 7.36. The number of nitro benzene ring substituents is 1. The zero-order valence-corrected chi connectivity index (χ0v) is 16.2. The maximum Gasteiger partial charge on any atom is 0.269 e. The van der Waals surface area contributed by atoms with Gasteiger partial charge in [0.2, 0.25) is 0 Å². The standard InChI is InChI=1S/C16H13BrIN3O3/c1-2-7-24-16-14(17)8-11(9-15(16)18)10-19-20-12-3-5-13(6-4-12)21(22)23/h2-6,8-10,20H,1,7H2/b19-10+. The van der Waals surface area contributed by atoms with Gasteiger partial charge in [0.15, 0.2) is 0 Å². The van der Waals surface area contributed by atoms with Crippen LogP contribution in [0.1, 0.15) is 5.56 Å². The Kier molecular flexibility index (Phi) is 6.73. The molecule has 1 N–H and O–H groups in total. The average molecular weight is 502 g/mol. The summed E-state index contributed by atoms with van der Waals surface area (Å²) in [7, 11) is 0. The zero-order chi connectivity index (χ0) is 17.5. The van der Waals surface area contributed by atoms with Crippen LogP contribution in [0.3, 0.4) is 0 Å². The van der Waals surface area contributed by atoms with Gasteiger partial charge in [-0.05, 0) is 68.3 Å². The molecule has 2 aromatic carbocycles. The summed E-state index contributed by atoms with van der Waals surface area (Å²) >= 11 is 5.67. The number of ether oxygens (including phenoxy) is 1. The van der Waals surface area contributed by atoms with Crippen molar-refractivity contribution in [2.45, 2.75) is 0 Å². The van der Waals surface area contributed by atoms with Crippen molar-refractivity contribution >= 4 is 56.1 Å². The number of benzene rings is 2. The fraction of sp³-hybridized carbons (Fsp3) is 0.0625. The van der Waals surface area contributed by atoms with E-state index < -0.39 is 4.92 Å². The van der Waals surface area contributed by atoms with Crippen LogP contribution in [-0.2, 0) is 0 Å². The van der Waals surface area contributed by atoms with E-state index in [4.69, 9.17) is 4.74 Å². The minimum Gasteiger partial charge on any atom is -0.487 e. The maximum atomic E-state index is 10.6. The molecule has 0 aliphatic carbocycles. The van der Waals surface area contributed by atoms with Crippen molar-refractivity contribution in [3.05, 3.63) is 72.8 Å². The first-order valence-corrected chi connectivity index (χ1v) is 8.64. The van der Waals surface area contributed by atoms with Crippen molar-refractivity contribution in [1.82, 2.24) is 0 Å². The SMILES string of the molecule is C=CCOc1c(Br)cc(/C=N/Nc2ccc([N+](=O)[O-])cc2)cc1I. The lowest BCUT2D eigenvalue weighted by Gasteiger charge is -2.09. The molecule has 0 fully saturated rings. The molecule has 0 spiro atoms. The number of hydrogen-bond donors (Lipinski definition) is 1. The Morgan fingerprint density at radius 2 is 2.08 bits per heavy atom. The molecule has 0 aliphatic heterocycles. The van der Waals surface area contributed by atoms with E-state index in [1.807, 2.05) is 12.1 Å². The average Bonchev–Trinajstić information content (AvgIpc) is 2.54. The predicted molar refractivity (Wildman–Crippen MR) is 107 cm³/mol. The van der Waals surface area contributed by atoms with E-state index >= 15 is 0 Å². The molecule has 0 aromatic heterocycles. The van der Waals surface area contributed by atoms with Gasteiger partial charge in [0.05, 0.1) is 24.9 Å². The van der Waals surface area contributed by atoms with E-state index in [0.29, 0.717) is 12.3 Å². The summed E-state index contributed by atoms with van der Waals surface area (Å²) in [4.78, 5) is 10.2. The molecule has 0 aliphatic rings. The van der Waals surface area contributed by atoms with Gasteiger partial charge in [0, 0.05) is 12.1 Å². The lowest BCUT2D eigenvalue weighted by molar-refractivity contribution is -0.384. The van der Waals surface area contributed by atoms with E-state index in [0.717, 1.165) is 19.4 Å². The number of halogens is 2. The summed E-state index contributed by atoms with van der Waals surface area (Å²) in [6.45, 7) is 4.06. The molecule has 6 nitrogen and oxygen atoms in total. The first-order valence-electron chi connectivity index (χ1n) is 6.77. The quantitative estimate of drug-likeness (QED) is 0.191. The molecule has 0 heterocycles. The molecule has 0 bridgehead atoms. The third-order valence-corrected chi connectivity index (χ3v) is 4.24. The normalized spacial score (nSPS) is 10.6. The van der Waals surface area contributed by atoms with Crippen LogP contribution in [0.5, 0.6) is 5.75 Å². The van der Waals surface area contributed by atoms with Crippen molar-refractivity contribution in [3.63, 3.8) is 0 Å². The molecule has 0 radical (unpaired) electrons. The monoisotopic (exact) mass is 501 g/mol. The van der Waals surface area contributed by atoms with E-state index in [-0.39, 0.29) is 5.69 Å². The van der Waals surface area contributed by atoms with Gasteiger partial charge in [0.25, 0.3) is 5.69 Å². The predicted octanol–water partition coefficient (Wildman–Crippen LogP) is 4.97. The Morgan fingerprint density at radius 3 is 2.67 bits per heavy atom. The molecular formula is C16H13BrIN3O3. The number of rotatable bonds is 7. The smallest absolute Gasteiger partial charge is 0.269 e. The van der Waals surface area contributed by atoms with E-state index in [1.54, 1.807) is 24.4 Å². The van der Waals surface area contributed by atoms with Crippen LogP contribution in [0.2, 0.25) is 0 Å². The highest BCUT2D eigenvalue weighted by Gasteiger charge is 2.08. The Balaban J connectivity index is 2.06. The zero-order valence-electron chi connectivity index (χ0n) is 12.4. The van der Waals surface area contributed by atoms with Crippen molar-refractivity contribution in [2.24, 2.45) is 5.10 Å². The number of non-ortho nitro benzene ring substituents is 1. The molecule has 2 aromatic rings. The second-order valence-electron chi connectivity index (χ2n) is 4.59. The second kappa shape index (κ2) is 8.78. The molecule has 124 valence electrons. The van der Waals surface area contributed by atoms with Crippen molar-refractivity contribution in [3.8, 4) is 5.75 Å². The third-order valence-electron chi connectivity index (χ3n) is 2.85. The Labute approximate surface area is 161 Å². The minimum atomic E-state index is -0.442. The second-order valence-corrected chi connectivity index (χ2v) is 6.60. The van der Waals surface area contributed by atoms with Crippen LogP contribution in [0.4, 0.5) is 11.4 Å². The Morgan fingerprint density at radius 1 is 1.38 bits per heavy atom. The minimum absolute atomic E-state index is 0.0399. The van der Waals surface area contributed by atoms with Gasteiger partial charge in [-0.2, -0.15) is 5.10 Å². The highest BCUT2D eigenvalue weighted by molar-refractivity contribution is 14.1. The van der Waals surface area contributed by atoms with Crippen LogP contribution >= 0.6 is 38.5 Å². The fourth-order valence-electron chi connectivity index (χ4n) is 1.77. The van der Waals surface area contributed by atoms with Crippen LogP contribution in [-0.4, -0.2) is 17.7 Å². The van der Waals surface area contributed by atoms with E-state index in [2.05, 4.69) is 55.6 Å². The Bertz CT molecular complexity index is 756. The summed E-state index contributed by atoms with van der Waals surface area (Å²) in [5.74, 6) is 0.760. The number of hydrazone groups is 1. The summed E-state index contributed by atoms with van der Waals surface area (Å²) in [6, 6.07) is 9.86. The van der Waals surface area contributed by atoms with Crippen LogP contribution in [0.25, 0.3) is 0 Å². The van der Waals surface area contributed by atoms with Gasteiger partial charge >= 0.3 is 0 Å². The van der Waals surface area contributed by atoms with Gasteiger partial charge in [-0.25, -0.2) is 0 Å². The van der Waals surface area contributed by atoms with Gasteiger partial charge in [-0.1, -0.05) is 12.7 Å². The molecule has 0 saturated heterocycles. The van der Waals surface area contributed by atoms with Crippen molar-refractivity contribution < 1.29 is 9.66 Å². The largest absolute Gasteiger partial charge is 0.487 e. The van der Waals surface area contributed by atoms with Gasteiger partial charge in [0.1, 0.15) is 12.4 Å². The maximum absolute atomic E-state index is 10.6. The fourth-order valence-corrected chi connectivity index (χ4v) is 3.54. The Hall–Kier alpha value is -1.94. The van der Waals surface area contributed by atoms with Crippen molar-refractivity contribution in [2.75, 3.05) is 12.0 Å². The molecule has 2 rings (SSSR count). The van der Waals surface area contributed by atoms with Gasteiger partial charge < -0.3 is 4.74 Å². The number of anilines is 1. The topological polar surface area (TPSA) is 76.8 Å². The molecule has 0 atom stereocenters. The van der Waals surface area contributed by atoms with E-state index in [9.17, 15) is 10.1 Å². The summed E-state index contributed by atoms with van der Waals surface area (Å²) in [5, 5.41) is 14.7. The molecule has 24 heavy (non-hydrogen) atoms. The number of nitrogens with zero attached hydrogens (tertiary/aromatic N) is 2. The van der Waals surface area contributed by atoms with Crippen LogP contribution in [0, 0.1) is 13.7 Å².